The molecule has 1 aromatic rings. The van der Waals surface area contributed by atoms with E-state index in [1.165, 1.54) is 12.1 Å². The average molecular weight is 271 g/mol. The van der Waals surface area contributed by atoms with Crippen LogP contribution in [-0.4, -0.2) is 8.42 Å². The molecule has 0 saturated heterocycles. The fourth-order valence-electron chi connectivity index (χ4n) is 0.843. The lowest BCUT2D eigenvalue weighted by Gasteiger charge is -2.01. The maximum absolute atomic E-state index is 12.9. The van der Waals surface area contributed by atoms with Gasteiger partial charge in [0.25, 0.3) is 0 Å². The molecule has 0 radical (unpaired) electrons. The second-order valence-corrected chi connectivity index (χ2v) is 4.60. The van der Waals surface area contributed by atoms with Gasteiger partial charge >= 0.3 is 10.2 Å². The van der Waals surface area contributed by atoms with Crippen molar-refractivity contribution in [2.75, 3.05) is 0 Å². The lowest BCUT2D eigenvalue weighted by molar-refractivity contribution is 0.546. The van der Waals surface area contributed by atoms with Crippen molar-refractivity contribution in [3.05, 3.63) is 34.1 Å². The van der Waals surface area contributed by atoms with Crippen LogP contribution in [0.2, 0.25) is 0 Å². The summed E-state index contributed by atoms with van der Waals surface area (Å²) in [7, 11) is -4.69. The molecule has 2 nitrogen and oxygen atoms in total. The normalized spacial score (nSPS) is 11.6. The van der Waals surface area contributed by atoms with E-state index < -0.39 is 21.8 Å². The minimum atomic E-state index is -4.69. The smallest absolute Gasteiger partial charge is 0.207 e. The minimum Gasteiger partial charge on any atom is -0.207 e. The summed E-state index contributed by atoms with van der Waals surface area (Å²) in [4.78, 5) is 0. The Hall–Kier alpha value is -0.490. The van der Waals surface area contributed by atoms with Crippen molar-refractivity contribution in [1.82, 2.24) is 0 Å². The van der Waals surface area contributed by atoms with Gasteiger partial charge in [-0.05, 0) is 12.1 Å². The molecule has 0 N–H and O–H groups in total. The Labute approximate surface area is 82.9 Å². The molecule has 1 rings (SSSR count). The maximum atomic E-state index is 12.9. The van der Waals surface area contributed by atoms with Gasteiger partial charge < -0.3 is 0 Å². The van der Waals surface area contributed by atoms with Crippen LogP contribution in [0.3, 0.4) is 0 Å². The highest BCUT2D eigenvalue weighted by atomic mass is 79.9. The first-order valence-corrected chi connectivity index (χ1v) is 5.60. The highest BCUT2D eigenvalue weighted by Gasteiger charge is 2.15. The number of halogens is 3. The SMILES string of the molecule is O=S(=O)(F)Cc1c(F)cccc1Br. The zero-order valence-electron chi connectivity index (χ0n) is 6.30. The topological polar surface area (TPSA) is 34.1 Å². The van der Waals surface area contributed by atoms with Crippen LogP contribution in [0.25, 0.3) is 0 Å². The molecule has 0 fully saturated rings. The van der Waals surface area contributed by atoms with Crippen LogP contribution in [0.5, 0.6) is 0 Å². The van der Waals surface area contributed by atoms with E-state index >= 15 is 0 Å². The summed E-state index contributed by atoms with van der Waals surface area (Å²) >= 11 is 2.93. The van der Waals surface area contributed by atoms with Crippen LogP contribution in [0.4, 0.5) is 8.28 Å². The minimum absolute atomic E-state index is 0.190. The van der Waals surface area contributed by atoms with E-state index in [-0.39, 0.29) is 10.0 Å². The molecule has 0 aliphatic heterocycles. The van der Waals surface area contributed by atoms with Gasteiger partial charge in [-0.1, -0.05) is 22.0 Å². The summed E-state index contributed by atoms with van der Waals surface area (Å²) < 4.78 is 45.9. The van der Waals surface area contributed by atoms with Gasteiger partial charge in [-0.25, -0.2) is 4.39 Å². The van der Waals surface area contributed by atoms with E-state index in [4.69, 9.17) is 0 Å². The van der Waals surface area contributed by atoms with E-state index in [1.807, 2.05) is 0 Å². The summed E-state index contributed by atoms with van der Waals surface area (Å²) in [5, 5.41) is 0. The first kappa shape index (κ1) is 10.6. The zero-order valence-corrected chi connectivity index (χ0v) is 8.70. The largest absolute Gasteiger partial charge is 0.306 e. The molecular weight excluding hydrogens is 266 g/mol. The molecule has 72 valence electrons. The second kappa shape index (κ2) is 3.71. The molecule has 1 aromatic carbocycles. The van der Waals surface area contributed by atoms with Crippen LogP contribution in [0.15, 0.2) is 22.7 Å². The molecule has 0 unspecified atom stereocenters. The predicted octanol–water partition coefficient (Wildman–Crippen LogP) is 2.39. The molecule has 0 amide bonds. The molecule has 0 spiro atoms. The average Bonchev–Trinajstić information content (AvgIpc) is 1.95. The fraction of sp³-hybridized carbons (Fsp3) is 0.143. The highest BCUT2D eigenvalue weighted by Crippen LogP contribution is 2.22. The van der Waals surface area contributed by atoms with Gasteiger partial charge in [-0.15, -0.1) is 3.89 Å². The summed E-state index contributed by atoms with van der Waals surface area (Å²) in [6, 6.07) is 3.92. The van der Waals surface area contributed by atoms with Gasteiger partial charge in [0.1, 0.15) is 11.6 Å². The Bertz CT molecular complexity index is 396. The highest BCUT2D eigenvalue weighted by molar-refractivity contribution is 9.10. The molecule has 0 heterocycles. The standard InChI is InChI=1S/C7H5BrF2O2S/c8-6-2-1-3-7(9)5(6)4-13(10,11)12/h1-3H,4H2. The predicted molar refractivity (Wildman–Crippen MR) is 47.8 cm³/mol. The summed E-state index contributed by atoms with van der Waals surface area (Å²) in [5.74, 6) is -1.68. The molecule has 6 heteroatoms. The van der Waals surface area contributed by atoms with E-state index in [2.05, 4.69) is 15.9 Å². The number of benzene rings is 1. The van der Waals surface area contributed by atoms with Gasteiger partial charge in [0.2, 0.25) is 0 Å². The van der Waals surface area contributed by atoms with Crippen LogP contribution < -0.4 is 0 Å². The third-order valence-corrected chi connectivity index (χ3v) is 2.75. The lowest BCUT2D eigenvalue weighted by Crippen LogP contribution is -2.00. The first-order chi connectivity index (χ1) is 5.90. The van der Waals surface area contributed by atoms with Gasteiger partial charge in [0.15, 0.2) is 0 Å². The Balaban J connectivity index is 3.15. The molecule has 0 aliphatic carbocycles. The van der Waals surface area contributed by atoms with Gasteiger partial charge in [-0.2, -0.15) is 8.42 Å². The Morgan fingerprint density at radius 3 is 2.46 bits per heavy atom. The molecule has 0 atom stereocenters. The van der Waals surface area contributed by atoms with Gasteiger partial charge in [0, 0.05) is 10.0 Å². The lowest BCUT2D eigenvalue weighted by atomic mass is 10.2. The quantitative estimate of drug-likeness (QED) is 0.774. The fourth-order valence-corrected chi connectivity index (χ4v) is 2.15. The number of hydrogen-bond acceptors (Lipinski definition) is 2. The number of rotatable bonds is 2. The monoisotopic (exact) mass is 270 g/mol. The Morgan fingerprint density at radius 2 is 2.00 bits per heavy atom. The van der Waals surface area contributed by atoms with Crippen LogP contribution in [0.1, 0.15) is 5.56 Å². The molecular formula is C7H5BrF2O2S. The van der Waals surface area contributed by atoms with E-state index in [9.17, 15) is 16.7 Å². The third kappa shape index (κ3) is 3.04. The summed E-state index contributed by atoms with van der Waals surface area (Å²) in [6.45, 7) is 0. The second-order valence-electron chi connectivity index (χ2n) is 2.38. The summed E-state index contributed by atoms with van der Waals surface area (Å²) in [5.41, 5.74) is -0.190. The van der Waals surface area contributed by atoms with E-state index in [0.717, 1.165) is 6.07 Å². The molecule has 0 bridgehead atoms. The molecule has 0 aromatic heterocycles. The third-order valence-electron chi connectivity index (χ3n) is 1.38. The van der Waals surface area contributed by atoms with Gasteiger partial charge in [0.05, 0.1) is 0 Å². The van der Waals surface area contributed by atoms with Crippen molar-refractivity contribution in [1.29, 1.82) is 0 Å². The van der Waals surface area contributed by atoms with Crippen LogP contribution >= 0.6 is 15.9 Å². The zero-order chi connectivity index (χ0) is 10.1. The van der Waals surface area contributed by atoms with Crippen molar-refractivity contribution < 1.29 is 16.7 Å². The van der Waals surface area contributed by atoms with Crippen LogP contribution in [0, 0.1) is 5.82 Å². The Kier molecular flexibility index (Phi) is 3.02. The molecule has 0 aliphatic rings. The van der Waals surface area contributed by atoms with E-state index in [0.29, 0.717) is 0 Å². The summed E-state index contributed by atoms with van der Waals surface area (Å²) in [6.07, 6.45) is 0. The first-order valence-electron chi connectivity index (χ1n) is 3.25. The van der Waals surface area contributed by atoms with Crippen molar-refractivity contribution in [3.63, 3.8) is 0 Å². The van der Waals surface area contributed by atoms with E-state index in [1.54, 1.807) is 0 Å². The molecule has 13 heavy (non-hydrogen) atoms. The number of hydrogen-bond donors (Lipinski definition) is 0. The molecule has 0 saturated carbocycles. The van der Waals surface area contributed by atoms with Crippen molar-refractivity contribution in [2.24, 2.45) is 0 Å². The van der Waals surface area contributed by atoms with Crippen LogP contribution in [-0.2, 0) is 16.0 Å². The van der Waals surface area contributed by atoms with Crippen molar-refractivity contribution >= 4 is 26.2 Å². The Morgan fingerprint density at radius 1 is 1.38 bits per heavy atom. The van der Waals surface area contributed by atoms with Gasteiger partial charge in [-0.3, -0.25) is 0 Å². The van der Waals surface area contributed by atoms with Crippen molar-refractivity contribution in [2.45, 2.75) is 5.75 Å². The maximum Gasteiger partial charge on any atom is 0.306 e. The van der Waals surface area contributed by atoms with Crippen molar-refractivity contribution in [3.8, 4) is 0 Å².